The van der Waals surface area contributed by atoms with Gasteiger partial charge in [0.05, 0.1) is 7.11 Å². The molecule has 1 unspecified atom stereocenters. The minimum Gasteiger partial charge on any atom is -0.505 e. The molecule has 0 aliphatic heterocycles. The van der Waals surface area contributed by atoms with E-state index in [1.165, 1.54) is 12.1 Å². The smallest absolute Gasteiger partial charge is 0.244 e. The molecule has 0 saturated heterocycles. The van der Waals surface area contributed by atoms with E-state index in [0.717, 1.165) is 6.07 Å². The van der Waals surface area contributed by atoms with E-state index in [0.29, 0.717) is 17.0 Å². The minimum atomic E-state index is -0.909. The van der Waals surface area contributed by atoms with Gasteiger partial charge in [-0.2, -0.15) is 0 Å². The number of hydrogen-bond donors (Lipinski definition) is 3. The van der Waals surface area contributed by atoms with E-state index < -0.39 is 23.5 Å². The highest BCUT2D eigenvalue weighted by atomic mass is 19.1. The zero-order chi connectivity index (χ0) is 15.4. The van der Waals surface area contributed by atoms with Crippen molar-refractivity contribution in [2.75, 3.05) is 12.4 Å². The van der Waals surface area contributed by atoms with E-state index in [1.54, 1.807) is 31.4 Å². The molecule has 21 heavy (non-hydrogen) atoms. The highest BCUT2D eigenvalue weighted by Gasteiger charge is 2.19. The number of amides is 1. The van der Waals surface area contributed by atoms with Crippen LogP contribution >= 0.6 is 0 Å². The molecule has 0 saturated carbocycles. The van der Waals surface area contributed by atoms with Gasteiger partial charge in [-0.15, -0.1) is 0 Å². The third kappa shape index (κ3) is 3.42. The molecule has 2 rings (SSSR count). The van der Waals surface area contributed by atoms with Crippen LogP contribution in [0.4, 0.5) is 10.1 Å². The molecule has 0 fully saturated rings. The zero-order valence-electron chi connectivity index (χ0n) is 11.3. The topological polar surface area (TPSA) is 84.6 Å². The average Bonchev–Trinajstić information content (AvgIpc) is 2.48. The molecule has 0 spiro atoms. The number of nitrogens with one attached hydrogen (secondary N) is 1. The number of ether oxygens (including phenoxy) is 1. The van der Waals surface area contributed by atoms with Crippen molar-refractivity contribution in [3.63, 3.8) is 0 Å². The molecule has 1 amide bonds. The second-order valence-electron chi connectivity index (χ2n) is 4.42. The fourth-order valence-electron chi connectivity index (χ4n) is 1.88. The molecule has 110 valence electrons. The second kappa shape index (κ2) is 6.13. The average molecular weight is 290 g/mol. The minimum absolute atomic E-state index is 0.327. The maximum Gasteiger partial charge on any atom is 0.244 e. The van der Waals surface area contributed by atoms with Crippen molar-refractivity contribution in [2.45, 2.75) is 6.04 Å². The molecule has 1 atom stereocenters. The van der Waals surface area contributed by atoms with Gasteiger partial charge in [-0.25, -0.2) is 4.39 Å². The molecule has 2 aromatic carbocycles. The SMILES string of the molecule is COc1ccc(NC(C(N)=O)c2ccc(O)c(F)c2)cc1. The predicted octanol–water partition coefficient (Wildman–Crippen LogP) is 2.18. The maximum atomic E-state index is 13.4. The predicted molar refractivity (Wildman–Crippen MR) is 76.6 cm³/mol. The first kappa shape index (κ1) is 14.6. The first-order chi connectivity index (χ1) is 10.0. The second-order valence-corrected chi connectivity index (χ2v) is 4.42. The van der Waals surface area contributed by atoms with Crippen molar-refractivity contribution in [1.29, 1.82) is 0 Å². The van der Waals surface area contributed by atoms with Crippen molar-refractivity contribution in [2.24, 2.45) is 5.73 Å². The van der Waals surface area contributed by atoms with E-state index in [4.69, 9.17) is 10.5 Å². The summed E-state index contributed by atoms with van der Waals surface area (Å²) in [5.41, 5.74) is 6.31. The summed E-state index contributed by atoms with van der Waals surface area (Å²) in [5, 5.41) is 12.1. The quantitative estimate of drug-likeness (QED) is 0.788. The van der Waals surface area contributed by atoms with Gasteiger partial charge in [0.15, 0.2) is 11.6 Å². The number of hydrogen-bond acceptors (Lipinski definition) is 4. The molecule has 0 bridgehead atoms. The first-order valence-corrected chi connectivity index (χ1v) is 6.19. The highest BCUT2D eigenvalue weighted by molar-refractivity contribution is 5.84. The van der Waals surface area contributed by atoms with Gasteiger partial charge in [-0.05, 0) is 42.0 Å². The Morgan fingerprint density at radius 1 is 1.29 bits per heavy atom. The van der Waals surface area contributed by atoms with Crippen LogP contribution in [-0.4, -0.2) is 18.1 Å². The third-order valence-electron chi connectivity index (χ3n) is 2.99. The normalized spacial score (nSPS) is 11.7. The summed E-state index contributed by atoms with van der Waals surface area (Å²) < 4.78 is 18.4. The number of carbonyl (C=O) groups excluding carboxylic acids is 1. The van der Waals surface area contributed by atoms with E-state index >= 15 is 0 Å². The summed E-state index contributed by atoms with van der Waals surface area (Å²) in [6.07, 6.45) is 0. The standard InChI is InChI=1S/C15H15FN2O3/c1-21-11-5-3-10(4-6-11)18-14(15(17)20)9-2-7-13(19)12(16)8-9/h2-8,14,18-19H,1H3,(H2,17,20). The number of primary amides is 1. The molecule has 0 heterocycles. The van der Waals surface area contributed by atoms with Crippen LogP contribution in [0.15, 0.2) is 42.5 Å². The molecular weight excluding hydrogens is 275 g/mol. The van der Waals surface area contributed by atoms with Gasteiger partial charge in [-0.1, -0.05) is 6.07 Å². The number of halogens is 1. The summed E-state index contributed by atoms with van der Waals surface area (Å²) >= 11 is 0. The van der Waals surface area contributed by atoms with E-state index in [2.05, 4.69) is 5.32 Å². The van der Waals surface area contributed by atoms with Crippen LogP contribution in [0.5, 0.6) is 11.5 Å². The summed E-state index contributed by atoms with van der Waals surface area (Å²) in [7, 11) is 1.55. The van der Waals surface area contributed by atoms with Crippen molar-refractivity contribution < 1.29 is 19.0 Å². The number of phenolic OH excluding ortho intramolecular Hbond substituents is 1. The fraction of sp³-hybridized carbons (Fsp3) is 0.133. The van der Waals surface area contributed by atoms with Crippen molar-refractivity contribution in [3.05, 3.63) is 53.8 Å². The van der Waals surface area contributed by atoms with Gasteiger partial charge >= 0.3 is 0 Å². The summed E-state index contributed by atoms with van der Waals surface area (Å²) in [6, 6.07) is 9.64. The number of carbonyl (C=O) groups is 1. The lowest BCUT2D eigenvalue weighted by Crippen LogP contribution is -2.27. The largest absolute Gasteiger partial charge is 0.505 e. The van der Waals surface area contributed by atoms with Crippen LogP contribution in [0.2, 0.25) is 0 Å². The lowest BCUT2D eigenvalue weighted by molar-refractivity contribution is -0.118. The molecule has 0 aromatic heterocycles. The Bertz CT molecular complexity index is 644. The van der Waals surface area contributed by atoms with Gasteiger partial charge < -0.3 is 20.9 Å². The number of anilines is 1. The highest BCUT2D eigenvalue weighted by Crippen LogP contribution is 2.25. The van der Waals surface area contributed by atoms with Crippen LogP contribution in [0.3, 0.4) is 0 Å². The van der Waals surface area contributed by atoms with Crippen LogP contribution in [0.1, 0.15) is 11.6 Å². The Labute approximate surface area is 121 Å². The molecular formula is C15H15FN2O3. The lowest BCUT2D eigenvalue weighted by atomic mass is 10.1. The van der Waals surface area contributed by atoms with Gasteiger partial charge in [0.25, 0.3) is 0 Å². The Balaban J connectivity index is 2.26. The molecule has 4 N–H and O–H groups in total. The Morgan fingerprint density at radius 2 is 1.95 bits per heavy atom. The molecule has 0 aliphatic carbocycles. The van der Waals surface area contributed by atoms with Gasteiger partial charge in [0, 0.05) is 5.69 Å². The van der Waals surface area contributed by atoms with Crippen molar-refractivity contribution in [1.82, 2.24) is 0 Å². The molecule has 0 aliphatic rings. The number of phenols is 1. The van der Waals surface area contributed by atoms with Gasteiger partial charge in [-0.3, -0.25) is 4.79 Å². The number of methoxy groups -OCH3 is 1. The Hall–Kier alpha value is -2.76. The Morgan fingerprint density at radius 3 is 2.48 bits per heavy atom. The number of rotatable bonds is 5. The first-order valence-electron chi connectivity index (χ1n) is 6.19. The molecule has 6 heteroatoms. The zero-order valence-corrected chi connectivity index (χ0v) is 11.3. The monoisotopic (exact) mass is 290 g/mol. The van der Waals surface area contributed by atoms with Gasteiger partial charge in [0.1, 0.15) is 11.8 Å². The number of aromatic hydroxyl groups is 1. The van der Waals surface area contributed by atoms with Crippen LogP contribution in [0.25, 0.3) is 0 Å². The van der Waals surface area contributed by atoms with Crippen LogP contribution < -0.4 is 15.8 Å². The van der Waals surface area contributed by atoms with Crippen LogP contribution in [-0.2, 0) is 4.79 Å². The third-order valence-corrected chi connectivity index (χ3v) is 2.99. The fourth-order valence-corrected chi connectivity index (χ4v) is 1.88. The van der Waals surface area contributed by atoms with Crippen LogP contribution in [0, 0.1) is 5.82 Å². The van der Waals surface area contributed by atoms with E-state index in [1.807, 2.05) is 0 Å². The van der Waals surface area contributed by atoms with Crippen molar-refractivity contribution in [3.8, 4) is 11.5 Å². The lowest BCUT2D eigenvalue weighted by Gasteiger charge is -2.17. The summed E-state index contributed by atoms with van der Waals surface area (Å²) in [4.78, 5) is 11.6. The van der Waals surface area contributed by atoms with E-state index in [-0.39, 0.29) is 0 Å². The number of benzene rings is 2. The number of nitrogens with two attached hydrogens (primary N) is 1. The molecule has 2 aromatic rings. The van der Waals surface area contributed by atoms with E-state index in [9.17, 15) is 14.3 Å². The van der Waals surface area contributed by atoms with Gasteiger partial charge in [0.2, 0.25) is 5.91 Å². The summed E-state index contributed by atoms with van der Waals surface area (Å²) in [5.74, 6) is -1.27. The molecule has 5 nitrogen and oxygen atoms in total. The summed E-state index contributed by atoms with van der Waals surface area (Å²) in [6.45, 7) is 0. The molecule has 0 radical (unpaired) electrons. The maximum absolute atomic E-state index is 13.4. The van der Waals surface area contributed by atoms with Crippen molar-refractivity contribution >= 4 is 11.6 Å². The Kier molecular flexibility index (Phi) is 4.27.